The van der Waals surface area contributed by atoms with E-state index in [1.165, 1.54) is 5.56 Å². The van der Waals surface area contributed by atoms with Gasteiger partial charge in [-0.25, -0.2) is 5.84 Å². The largest absolute Gasteiger partial charge is 0.377 e. The van der Waals surface area contributed by atoms with Crippen LogP contribution >= 0.6 is 0 Å². The van der Waals surface area contributed by atoms with Crippen LogP contribution in [0.3, 0.4) is 0 Å². The predicted octanol–water partition coefficient (Wildman–Crippen LogP) is 1.22. The van der Waals surface area contributed by atoms with E-state index in [0.29, 0.717) is 12.5 Å². The number of hydrazine groups is 1. The van der Waals surface area contributed by atoms with Gasteiger partial charge in [-0.1, -0.05) is 31.2 Å². The summed E-state index contributed by atoms with van der Waals surface area (Å²) in [6, 6.07) is 8.04. The zero-order valence-electron chi connectivity index (χ0n) is 12.7. The van der Waals surface area contributed by atoms with Crippen molar-refractivity contribution in [2.75, 3.05) is 19.7 Å². The number of nitrogens with one attached hydrogen (secondary N) is 1. The first-order valence-electron chi connectivity index (χ1n) is 7.63. The Morgan fingerprint density at radius 1 is 1.43 bits per heavy atom. The molecule has 1 saturated heterocycles. The number of hydrogen-bond donors (Lipinski definition) is 2. The van der Waals surface area contributed by atoms with E-state index in [-0.39, 0.29) is 5.91 Å². The third-order valence-electron chi connectivity index (χ3n) is 3.96. The third kappa shape index (κ3) is 4.81. The summed E-state index contributed by atoms with van der Waals surface area (Å²) < 4.78 is 5.71. The van der Waals surface area contributed by atoms with Crippen molar-refractivity contribution in [3.8, 4) is 0 Å². The van der Waals surface area contributed by atoms with Gasteiger partial charge in [-0.15, -0.1) is 0 Å². The van der Waals surface area contributed by atoms with E-state index in [2.05, 4.69) is 23.3 Å². The molecule has 1 aromatic rings. The molecule has 0 aromatic heterocycles. The van der Waals surface area contributed by atoms with Crippen LogP contribution in [0.2, 0.25) is 0 Å². The molecule has 5 heteroatoms. The van der Waals surface area contributed by atoms with Crippen molar-refractivity contribution in [2.45, 2.75) is 38.8 Å². The van der Waals surface area contributed by atoms with Crippen LogP contribution in [0.25, 0.3) is 0 Å². The summed E-state index contributed by atoms with van der Waals surface area (Å²) in [6.07, 6.45) is 2.98. The first-order valence-corrected chi connectivity index (χ1v) is 7.63. The number of nitrogens with two attached hydrogens (primary N) is 1. The quantitative estimate of drug-likeness (QED) is 0.450. The Bertz CT molecular complexity index is 459. The first-order chi connectivity index (χ1) is 10.2. The summed E-state index contributed by atoms with van der Waals surface area (Å²) in [5, 5.41) is 0. The highest BCUT2D eigenvalue weighted by Crippen LogP contribution is 2.17. The Kier molecular flexibility index (Phi) is 6.17. The maximum atomic E-state index is 11.5. The Morgan fingerprint density at radius 2 is 2.19 bits per heavy atom. The number of ether oxygens (including phenoxy) is 1. The van der Waals surface area contributed by atoms with Gasteiger partial charge in [0.15, 0.2) is 0 Å². The van der Waals surface area contributed by atoms with Crippen molar-refractivity contribution in [3.05, 3.63) is 35.4 Å². The van der Waals surface area contributed by atoms with Crippen LogP contribution < -0.4 is 11.3 Å². The van der Waals surface area contributed by atoms with E-state index in [1.807, 2.05) is 18.2 Å². The molecule has 1 aromatic carbocycles. The average molecular weight is 291 g/mol. The van der Waals surface area contributed by atoms with Gasteiger partial charge in [0.05, 0.1) is 12.5 Å². The summed E-state index contributed by atoms with van der Waals surface area (Å²) >= 11 is 0. The van der Waals surface area contributed by atoms with E-state index in [4.69, 9.17) is 10.6 Å². The van der Waals surface area contributed by atoms with Crippen molar-refractivity contribution >= 4 is 5.91 Å². The second-order valence-electron chi connectivity index (χ2n) is 5.48. The number of likely N-dealkylation sites (N-methyl/N-ethyl adjacent to an activating group) is 1. The standard InChI is InChI=1S/C16H25N3O2/c1-2-19(12-15-8-5-9-21-15)11-14-7-4-3-6-13(14)10-16(20)18-17/h3-4,6-7,15H,2,5,8-12,17H2,1H3,(H,18,20). The normalized spacial score (nSPS) is 18.1. The lowest BCUT2D eigenvalue weighted by Gasteiger charge is -2.24. The molecule has 1 heterocycles. The molecule has 1 amide bonds. The molecule has 2 rings (SSSR count). The fraction of sp³-hybridized carbons (Fsp3) is 0.562. The predicted molar refractivity (Wildman–Crippen MR) is 82.4 cm³/mol. The van der Waals surface area contributed by atoms with Gasteiger partial charge in [-0.2, -0.15) is 0 Å². The Labute approximate surface area is 126 Å². The number of nitrogens with zero attached hydrogens (tertiary/aromatic N) is 1. The van der Waals surface area contributed by atoms with Crippen LogP contribution in [0, 0.1) is 0 Å². The summed E-state index contributed by atoms with van der Waals surface area (Å²) in [7, 11) is 0. The summed E-state index contributed by atoms with van der Waals surface area (Å²) in [5.41, 5.74) is 4.41. The van der Waals surface area contributed by atoms with Crippen molar-refractivity contribution in [2.24, 2.45) is 5.84 Å². The fourth-order valence-electron chi connectivity index (χ4n) is 2.73. The van der Waals surface area contributed by atoms with E-state index >= 15 is 0 Å². The van der Waals surface area contributed by atoms with Crippen LogP contribution in [0.4, 0.5) is 0 Å². The highest BCUT2D eigenvalue weighted by molar-refractivity contribution is 5.78. The molecule has 0 bridgehead atoms. The molecule has 5 nitrogen and oxygen atoms in total. The van der Waals surface area contributed by atoms with Crippen molar-refractivity contribution < 1.29 is 9.53 Å². The highest BCUT2D eigenvalue weighted by atomic mass is 16.5. The van der Waals surface area contributed by atoms with Gasteiger partial charge >= 0.3 is 0 Å². The van der Waals surface area contributed by atoms with Crippen molar-refractivity contribution in [3.63, 3.8) is 0 Å². The average Bonchev–Trinajstić information content (AvgIpc) is 3.01. The molecule has 1 fully saturated rings. The number of amides is 1. The number of carbonyl (C=O) groups is 1. The molecule has 0 radical (unpaired) electrons. The van der Waals surface area contributed by atoms with Gasteiger partial charge in [-0.3, -0.25) is 15.1 Å². The van der Waals surface area contributed by atoms with Gasteiger partial charge in [-0.05, 0) is 30.5 Å². The molecular formula is C16H25N3O2. The zero-order chi connectivity index (χ0) is 15.1. The minimum Gasteiger partial charge on any atom is -0.377 e. The van der Waals surface area contributed by atoms with Crippen LogP contribution in [-0.2, 0) is 22.5 Å². The molecule has 116 valence electrons. The van der Waals surface area contributed by atoms with E-state index in [1.54, 1.807) is 0 Å². The van der Waals surface area contributed by atoms with Gasteiger partial charge in [0.1, 0.15) is 0 Å². The van der Waals surface area contributed by atoms with E-state index in [0.717, 1.165) is 44.6 Å². The van der Waals surface area contributed by atoms with Crippen LogP contribution in [0.15, 0.2) is 24.3 Å². The number of rotatable bonds is 7. The zero-order valence-corrected chi connectivity index (χ0v) is 12.7. The van der Waals surface area contributed by atoms with Crippen LogP contribution in [-0.4, -0.2) is 36.6 Å². The molecule has 3 N–H and O–H groups in total. The second kappa shape index (κ2) is 8.12. The van der Waals surface area contributed by atoms with Crippen LogP contribution in [0.1, 0.15) is 30.9 Å². The fourth-order valence-corrected chi connectivity index (χ4v) is 2.73. The topological polar surface area (TPSA) is 67.6 Å². The van der Waals surface area contributed by atoms with Gasteiger partial charge in [0.25, 0.3) is 0 Å². The molecule has 1 unspecified atom stereocenters. The lowest BCUT2D eigenvalue weighted by molar-refractivity contribution is -0.120. The Morgan fingerprint density at radius 3 is 2.81 bits per heavy atom. The molecule has 0 aliphatic carbocycles. The minimum atomic E-state index is -0.162. The molecule has 1 atom stereocenters. The first kappa shape index (κ1) is 15.9. The van der Waals surface area contributed by atoms with Gasteiger partial charge < -0.3 is 4.74 Å². The van der Waals surface area contributed by atoms with Gasteiger partial charge in [0.2, 0.25) is 5.91 Å². The summed E-state index contributed by atoms with van der Waals surface area (Å²) in [5.74, 6) is 5.02. The summed E-state index contributed by atoms with van der Waals surface area (Å²) in [4.78, 5) is 13.9. The van der Waals surface area contributed by atoms with E-state index in [9.17, 15) is 4.79 Å². The number of benzene rings is 1. The Hall–Kier alpha value is -1.43. The molecule has 1 aliphatic heterocycles. The molecule has 1 aliphatic rings. The smallest absolute Gasteiger partial charge is 0.238 e. The monoisotopic (exact) mass is 291 g/mol. The summed E-state index contributed by atoms with van der Waals surface area (Å²) in [6.45, 7) is 5.80. The molecule has 0 saturated carbocycles. The minimum absolute atomic E-state index is 0.162. The molecule has 21 heavy (non-hydrogen) atoms. The van der Waals surface area contributed by atoms with Crippen molar-refractivity contribution in [1.82, 2.24) is 10.3 Å². The number of hydrogen-bond acceptors (Lipinski definition) is 4. The highest BCUT2D eigenvalue weighted by Gasteiger charge is 2.19. The lowest BCUT2D eigenvalue weighted by Crippen LogP contribution is -2.33. The Balaban J connectivity index is 2.00. The second-order valence-corrected chi connectivity index (χ2v) is 5.48. The number of carbonyl (C=O) groups excluding carboxylic acids is 1. The van der Waals surface area contributed by atoms with Crippen LogP contribution in [0.5, 0.6) is 0 Å². The van der Waals surface area contributed by atoms with E-state index < -0.39 is 0 Å². The SMILES string of the molecule is CCN(Cc1ccccc1CC(=O)NN)CC1CCCO1. The maximum absolute atomic E-state index is 11.5. The molecular weight excluding hydrogens is 266 g/mol. The third-order valence-corrected chi connectivity index (χ3v) is 3.96. The maximum Gasteiger partial charge on any atom is 0.238 e. The lowest BCUT2D eigenvalue weighted by atomic mass is 10.0. The van der Waals surface area contributed by atoms with Gasteiger partial charge in [0, 0.05) is 19.7 Å². The van der Waals surface area contributed by atoms with Crippen molar-refractivity contribution in [1.29, 1.82) is 0 Å². The molecule has 0 spiro atoms.